The van der Waals surface area contributed by atoms with Gasteiger partial charge >= 0.3 is 0 Å². The minimum Gasteiger partial charge on any atom is -0.309 e. The molecule has 4 heterocycles. The molecule has 0 saturated carbocycles. The summed E-state index contributed by atoms with van der Waals surface area (Å²) < 4.78 is 8.97. The number of nitrogens with zero attached hydrogens (tertiary/aromatic N) is 6. The third kappa shape index (κ3) is 4.92. The van der Waals surface area contributed by atoms with E-state index in [9.17, 15) is 10.5 Å². The molecule has 12 rings (SSSR count). The van der Waals surface area contributed by atoms with E-state index in [4.69, 9.17) is 0 Å². The average molecular weight is 805 g/mol. The average Bonchev–Trinajstić information content (AvgIpc) is 4.04. The Hall–Kier alpha value is -8.84. The molecule has 6 heteroatoms. The van der Waals surface area contributed by atoms with Crippen LogP contribution in [-0.4, -0.2) is 18.3 Å². The Kier molecular flexibility index (Phi) is 7.93. The normalized spacial score (nSPS) is 11.9. The van der Waals surface area contributed by atoms with Gasteiger partial charge in [0.2, 0.25) is 0 Å². The molecule has 0 amide bonds. The Morgan fingerprint density at radius 1 is 0.381 bits per heavy atom. The summed E-state index contributed by atoms with van der Waals surface area (Å²) in [4.78, 5) is 0. The topological polar surface area (TPSA) is 67.3 Å². The number of rotatable bonds is 6. The molecule has 6 nitrogen and oxygen atoms in total. The molecule has 0 atom stereocenters. The van der Waals surface area contributed by atoms with Gasteiger partial charge < -0.3 is 18.3 Å². The smallest absolute Gasteiger partial charge is 0.104 e. The Bertz CT molecular complexity index is 3720. The van der Waals surface area contributed by atoms with Crippen LogP contribution < -0.4 is 0 Å². The lowest BCUT2D eigenvalue weighted by Gasteiger charge is -2.27. The predicted molar refractivity (Wildman–Crippen MR) is 260 cm³/mol. The van der Waals surface area contributed by atoms with Gasteiger partial charge in [0.25, 0.3) is 0 Å². The van der Waals surface area contributed by atoms with Crippen molar-refractivity contribution in [2.24, 2.45) is 0 Å². The van der Waals surface area contributed by atoms with Crippen LogP contribution in [0.2, 0.25) is 0 Å². The Morgan fingerprint density at radius 3 is 0.984 bits per heavy atom. The standard InChI is InChI=1S/C57H36N6/c1-3-4-19-37-36(2)60(47-27-12-5-20-38(37)47)57-55(62-50-30-15-8-23-41(50)42-24-9-16-31-51(42)62)45(34-58)54(61-48-28-13-6-21-39(48)40-22-7-14-29-49(40)61)46(35-59)56(57)63-52-32-17-10-25-43(52)44-26-11-18-33-53(44)63/h3-33H,1H2,2H3/b19-4-. The molecule has 0 aliphatic rings. The maximum atomic E-state index is 12.1. The monoisotopic (exact) mass is 804 g/mol. The summed E-state index contributed by atoms with van der Waals surface area (Å²) in [5.74, 6) is 0. The Morgan fingerprint density at radius 2 is 0.667 bits per heavy atom. The van der Waals surface area contributed by atoms with Crippen molar-refractivity contribution in [1.82, 2.24) is 18.3 Å². The van der Waals surface area contributed by atoms with Crippen molar-refractivity contribution in [3.05, 3.63) is 211 Å². The lowest BCUT2D eigenvalue weighted by Crippen LogP contribution is -2.17. The molecule has 8 aromatic carbocycles. The molecular formula is C57H36N6. The zero-order valence-electron chi connectivity index (χ0n) is 34.3. The largest absolute Gasteiger partial charge is 0.309 e. The highest BCUT2D eigenvalue weighted by Crippen LogP contribution is 2.48. The fourth-order valence-electron chi connectivity index (χ4n) is 10.3. The van der Waals surface area contributed by atoms with E-state index in [0.717, 1.165) is 93.3 Å². The third-order valence-corrected chi connectivity index (χ3v) is 12.8. The summed E-state index contributed by atoms with van der Waals surface area (Å²) in [6, 6.07) is 64.2. The van der Waals surface area contributed by atoms with Gasteiger partial charge in [-0.1, -0.05) is 152 Å². The van der Waals surface area contributed by atoms with Crippen LogP contribution in [0.15, 0.2) is 189 Å². The minimum atomic E-state index is 0.379. The van der Waals surface area contributed by atoms with E-state index in [1.165, 1.54) is 0 Å². The van der Waals surface area contributed by atoms with Crippen molar-refractivity contribution in [1.29, 1.82) is 10.5 Å². The summed E-state index contributed by atoms with van der Waals surface area (Å²) in [7, 11) is 0. The highest BCUT2D eigenvalue weighted by atomic mass is 15.1. The van der Waals surface area contributed by atoms with Gasteiger partial charge in [0, 0.05) is 49.0 Å². The van der Waals surface area contributed by atoms with Gasteiger partial charge in [0.05, 0.1) is 61.4 Å². The summed E-state index contributed by atoms with van der Waals surface area (Å²) in [6.07, 6.45) is 5.86. The molecule has 0 fully saturated rings. The number of benzene rings is 8. The predicted octanol–water partition coefficient (Wildman–Crippen LogP) is 14.2. The van der Waals surface area contributed by atoms with Crippen molar-refractivity contribution in [3.8, 4) is 34.9 Å². The van der Waals surface area contributed by atoms with Gasteiger partial charge in [-0.25, -0.2) is 0 Å². The minimum absolute atomic E-state index is 0.379. The highest BCUT2D eigenvalue weighted by molar-refractivity contribution is 6.14. The van der Waals surface area contributed by atoms with Crippen molar-refractivity contribution in [2.45, 2.75) is 6.92 Å². The van der Waals surface area contributed by atoms with Gasteiger partial charge in [0.1, 0.15) is 23.3 Å². The van der Waals surface area contributed by atoms with Gasteiger partial charge in [-0.15, -0.1) is 0 Å². The molecule has 0 spiro atoms. The zero-order valence-corrected chi connectivity index (χ0v) is 34.3. The van der Waals surface area contributed by atoms with E-state index in [1.807, 2.05) is 30.3 Å². The van der Waals surface area contributed by atoms with E-state index in [0.29, 0.717) is 28.2 Å². The maximum absolute atomic E-state index is 12.1. The van der Waals surface area contributed by atoms with E-state index in [-0.39, 0.29) is 0 Å². The quantitative estimate of drug-likeness (QED) is 0.157. The number of nitriles is 2. The fraction of sp³-hybridized carbons (Fsp3) is 0.0175. The first kappa shape index (κ1) is 36.0. The molecule has 4 aromatic heterocycles. The van der Waals surface area contributed by atoms with Crippen LogP contribution in [0.4, 0.5) is 0 Å². The number of allylic oxidation sites excluding steroid dienone is 2. The molecule has 0 N–H and O–H groups in total. The van der Waals surface area contributed by atoms with Crippen LogP contribution in [-0.2, 0) is 0 Å². The van der Waals surface area contributed by atoms with Gasteiger partial charge in [0.15, 0.2) is 0 Å². The van der Waals surface area contributed by atoms with Crippen molar-refractivity contribution >= 4 is 82.4 Å². The molecule has 63 heavy (non-hydrogen) atoms. The number of aromatic nitrogens is 4. The van der Waals surface area contributed by atoms with Gasteiger partial charge in [-0.2, -0.15) is 10.5 Å². The van der Waals surface area contributed by atoms with Gasteiger partial charge in [-0.05, 0) is 49.4 Å². The summed E-state index contributed by atoms with van der Waals surface area (Å²) >= 11 is 0. The number of hydrogen-bond donors (Lipinski definition) is 0. The molecule has 0 aliphatic carbocycles. The van der Waals surface area contributed by atoms with Crippen LogP contribution >= 0.6 is 0 Å². The van der Waals surface area contributed by atoms with Crippen LogP contribution in [0.3, 0.4) is 0 Å². The second-order valence-electron chi connectivity index (χ2n) is 15.9. The van der Waals surface area contributed by atoms with E-state index < -0.39 is 0 Å². The Balaban J connectivity index is 1.45. The molecule has 0 aliphatic heterocycles. The summed E-state index contributed by atoms with van der Waals surface area (Å²) in [5, 5.41) is 31.6. The summed E-state index contributed by atoms with van der Waals surface area (Å²) in [6.45, 7) is 6.14. The first-order valence-electron chi connectivity index (χ1n) is 21.0. The van der Waals surface area contributed by atoms with Crippen molar-refractivity contribution < 1.29 is 0 Å². The zero-order chi connectivity index (χ0) is 42.3. The Labute approximate surface area is 362 Å². The first-order valence-corrected chi connectivity index (χ1v) is 21.0. The fourth-order valence-corrected chi connectivity index (χ4v) is 10.3. The SMILES string of the molecule is C=C/C=C\c1c(C)n(-c2c(-n3c4ccccc4c4ccccc43)c(C#N)c(-n3c4ccccc4c4ccccc43)c(C#N)c2-n2c3ccccc3c3ccccc32)c2ccccc12. The molecule has 0 bridgehead atoms. The second-order valence-corrected chi connectivity index (χ2v) is 15.9. The van der Waals surface area contributed by atoms with Gasteiger partial charge in [-0.3, -0.25) is 0 Å². The molecule has 12 aromatic rings. The maximum Gasteiger partial charge on any atom is 0.104 e. The highest BCUT2D eigenvalue weighted by Gasteiger charge is 2.34. The lowest BCUT2D eigenvalue weighted by atomic mass is 9.98. The van der Waals surface area contributed by atoms with E-state index in [2.05, 4.69) is 196 Å². The van der Waals surface area contributed by atoms with E-state index >= 15 is 0 Å². The molecule has 0 saturated heterocycles. The van der Waals surface area contributed by atoms with E-state index in [1.54, 1.807) is 6.08 Å². The lowest BCUT2D eigenvalue weighted by molar-refractivity contribution is 0.976. The molecule has 0 radical (unpaired) electrons. The molecule has 294 valence electrons. The van der Waals surface area contributed by atoms with Crippen LogP contribution in [0.5, 0.6) is 0 Å². The van der Waals surface area contributed by atoms with Crippen LogP contribution in [0, 0.1) is 29.6 Å². The van der Waals surface area contributed by atoms with Crippen molar-refractivity contribution in [3.63, 3.8) is 0 Å². The first-order chi connectivity index (χ1) is 31.1. The summed E-state index contributed by atoms with van der Waals surface area (Å²) in [5.41, 5.74) is 11.9. The number of fused-ring (bicyclic) bond motifs is 10. The van der Waals surface area contributed by atoms with Crippen molar-refractivity contribution in [2.75, 3.05) is 0 Å². The number of para-hydroxylation sites is 7. The van der Waals surface area contributed by atoms with Crippen LogP contribution in [0.25, 0.3) is 105 Å². The number of hydrogen-bond acceptors (Lipinski definition) is 2. The van der Waals surface area contributed by atoms with Crippen LogP contribution in [0.1, 0.15) is 22.4 Å². The second kappa shape index (κ2) is 13.9. The molecular weight excluding hydrogens is 769 g/mol. The molecule has 0 unspecified atom stereocenters. The third-order valence-electron chi connectivity index (χ3n) is 12.8.